The second kappa shape index (κ2) is 8.10. The minimum atomic E-state index is 0.777. The topological polar surface area (TPSA) is 32.6 Å². The molecular weight excluding hydrogens is 260 g/mol. The van der Waals surface area contributed by atoms with Crippen LogP contribution in [0, 0.1) is 0 Å². The number of hydrogen-bond donors (Lipinski definition) is 1. The van der Waals surface area contributed by atoms with E-state index in [1.807, 2.05) is 26.4 Å². The van der Waals surface area contributed by atoms with Crippen molar-refractivity contribution in [2.75, 3.05) is 20.1 Å². The molecule has 0 bridgehead atoms. The van der Waals surface area contributed by atoms with Gasteiger partial charge in [-0.15, -0.1) is 0 Å². The Kier molecular flexibility index (Phi) is 6.78. The highest BCUT2D eigenvalue weighted by molar-refractivity contribution is 6.30. The van der Waals surface area contributed by atoms with E-state index >= 15 is 0 Å². The molecule has 0 aromatic carbocycles. The van der Waals surface area contributed by atoms with Crippen LogP contribution in [0.15, 0.2) is 17.3 Å². The predicted molar refractivity (Wildman–Crippen MR) is 82.8 cm³/mol. The number of unbranched alkanes of at least 4 members (excludes halogenated alkanes) is 1. The summed E-state index contributed by atoms with van der Waals surface area (Å²) in [5, 5.41) is 4.10. The van der Waals surface area contributed by atoms with Crippen molar-refractivity contribution >= 4 is 17.6 Å². The van der Waals surface area contributed by atoms with Crippen molar-refractivity contribution < 1.29 is 0 Å². The van der Waals surface area contributed by atoms with E-state index < -0.39 is 0 Å². The molecule has 1 heterocycles. The van der Waals surface area contributed by atoms with Gasteiger partial charge >= 0.3 is 0 Å². The molecule has 0 aliphatic rings. The predicted octanol–water partition coefficient (Wildman–Crippen LogP) is 2.88. The van der Waals surface area contributed by atoms with Crippen LogP contribution in [0.2, 0.25) is 5.02 Å². The van der Waals surface area contributed by atoms with Crippen molar-refractivity contribution in [2.45, 2.75) is 33.2 Å². The first-order valence-electron chi connectivity index (χ1n) is 6.88. The molecule has 5 heteroatoms. The van der Waals surface area contributed by atoms with Crippen LogP contribution in [0.25, 0.3) is 0 Å². The Morgan fingerprint density at radius 1 is 1.47 bits per heavy atom. The van der Waals surface area contributed by atoms with Gasteiger partial charge in [0.15, 0.2) is 5.96 Å². The fourth-order valence-corrected chi connectivity index (χ4v) is 2.13. The van der Waals surface area contributed by atoms with Gasteiger partial charge in [0.05, 0.1) is 11.6 Å². The molecule has 1 aromatic rings. The first kappa shape index (κ1) is 15.9. The molecule has 0 atom stereocenters. The number of aryl methyl sites for hydroxylation is 1. The summed E-state index contributed by atoms with van der Waals surface area (Å²) in [4.78, 5) is 6.75. The van der Waals surface area contributed by atoms with Gasteiger partial charge in [0, 0.05) is 39.1 Å². The van der Waals surface area contributed by atoms with Gasteiger partial charge in [0.2, 0.25) is 0 Å². The van der Waals surface area contributed by atoms with Gasteiger partial charge in [0.1, 0.15) is 0 Å². The average molecular weight is 285 g/mol. The molecule has 0 saturated carbocycles. The standard InChI is InChI=1S/C14H25ClN4/c1-5-7-8-17-14(16-6-2)19(4)11-13-9-12(15)10-18(13)3/h9-10H,5-8,11H2,1-4H3,(H,16,17). The maximum absolute atomic E-state index is 6.01. The van der Waals surface area contributed by atoms with E-state index in [9.17, 15) is 0 Å². The second-order valence-corrected chi connectivity index (χ2v) is 5.14. The summed E-state index contributed by atoms with van der Waals surface area (Å²) in [6, 6.07) is 1.99. The number of nitrogens with zero attached hydrogens (tertiary/aromatic N) is 3. The largest absolute Gasteiger partial charge is 0.357 e. The number of nitrogens with one attached hydrogen (secondary N) is 1. The van der Waals surface area contributed by atoms with Crippen LogP contribution in [0.1, 0.15) is 32.4 Å². The van der Waals surface area contributed by atoms with Crippen LogP contribution < -0.4 is 5.32 Å². The van der Waals surface area contributed by atoms with E-state index in [0.29, 0.717) is 0 Å². The Balaban J connectivity index is 2.68. The summed E-state index contributed by atoms with van der Waals surface area (Å²) >= 11 is 6.01. The number of rotatable bonds is 6. The van der Waals surface area contributed by atoms with Gasteiger partial charge < -0.3 is 14.8 Å². The van der Waals surface area contributed by atoms with E-state index in [0.717, 1.165) is 37.0 Å². The minimum absolute atomic E-state index is 0.777. The van der Waals surface area contributed by atoms with Gasteiger partial charge in [-0.3, -0.25) is 4.99 Å². The van der Waals surface area contributed by atoms with Crippen LogP contribution in [0.5, 0.6) is 0 Å². The van der Waals surface area contributed by atoms with Crippen LogP contribution in [-0.2, 0) is 13.6 Å². The van der Waals surface area contributed by atoms with Crippen LogP contribution in [0.4, 0.5) is 0 Å². The maximum Gasteiger partial charge on any atom is 0.194 e. The van der Waals surface area contributed by atoms with Crippen LogP contribution in [-0.4, -0.2) is 35.6 Å². The third-order valence-corrected chi connectivity index (χ3v) is 3.15. The SMILES string of the molecule is CCCCN=C(NCC)N(C)Cc1cc(Cl)cn1C. The van der Waals surface area contributed by atoms with Crippen LogP contribution in [0.3, 0.4) is 0 Å². The zero-order chi connectivity index (χ0) is 14.3. The Bertz CT molecular complexity index is 412. The summed E-state index contributed by atoms with van der Waals surface area (Å²) in [6.45, 7) is 6.81. The quantitative estimate of drug-likeness (QED) is 0.495. The number of aliphatic imine (C=N–C) groups is 1. The van der Waals surface area contributed by atoms with E-state index in [4.69, 9.17) is 11.6 Å². The summed E-state index contributed by atoms with van der Waals surface area (Å²) < 4.78 is 2.05. The average Bonchev–Trinajstić information content (AvgIpc) is 2.67. The molecule has 0 amide bonds. The molecule has 0 fully saturated rings. The van der Waals surface area contributed by atoms with E-state index in [-0.39, 0.29) is 0 Å². The first-order valence-corrected chi connectivity index (χ1v) is 7.26. The molecule has 0 aliphatic heterocycles. The van der Waals surface area contributed by atoms with Crippen molar-refractivity contribution in [1.82, 2.24) is 14.8 Å². The maximum atomic E-state index is 6.01. The molecule has 108 valence electrons. The van der Waals surface area contributed by atoms with Gasteiger partial charge in [0.25, 0.3) is 0 Å². The fraction of sp³-hybridized carbons (Fsp3) is 0.643. The summed E-state index contributed by atoms with van der Waals surface area (Å²) in [5.41, 5.74) is 1.17. The highest BCUT2D eigenvalue weighted by Crippen LogP contribution is 2.14. The zero-order valence-electron chi connectivity index (χ0n) is 12.4. The van der Waals surface area contributed by atoms with Gasteiger partial charge in [-0.2, -0.15) is 0 Å². The monoisotopic (exact) mass is 284 g/mol. The Morgan fingerprint density at radius 2 is 2.21 bits per heavy atom. The van der Waals surface area contributed by atoms with Gasteiger partial charge in [-0.25, -0.2) is 0 Å². The van der Waals surface area contributed by atoms with E-state index in [1.165, 1.54) is 12.1 Å². The lowest BCUT2D eigenvalue weighted by atomic mass is 10.3. The van der Waals surface area contributed by atoms with Crippen molar-refractivity contribution in [1.29, 1.82) is 0 Å². The van der Waals surface area contributed by atoms with Crippen molar-refractivity contribution in [3.8, 4) is 0 Å². The molecule has 1 aromatic heterocycles. The Hall–Kier alpha value is -1.16. The number of hydrogen-bond acceptors (Lipinski definition) is 1. The van der Waals surface area contributed by atoms with E-state index in [1.54, 1.807) is 0 Å². The number of guanidine groups is 1. The first-order chi connectivity index (χ1) is 9.08. The normalized spacial score (nSPS) is 11.7. The highest BCUT2D eigenvalue weighted by Gasteiger charge is 2.09. The summed E-state index contributed by atoms with van der Waals surface area (Å²) in [5.74, 6) is 0.952. The van der Waals surface area contributed by atoms with Crippen molar-refractivity contribution in [3.63, 3.8) is 0 Å². The summed E-state index contributed by atoms with van der Waals surface area (Å²) in [6.07, 6.45) is 4.21. The second-order valence-electron chi connectivity index (χ2n) is 4.71. The minimum Gasteiger partial charge on any atom is -0.357 e. The highest BCUT2D eigenvalue weighted by atomic mass is 35.5. The smallest absolute Gasteiger partial charge is 0.194 e. The lowest BCUT2D eigenvalue weighted by molar-refractivity contribution is 0.461. The Labute approximate surface area is 121 Å². The molecule has 0 spiro atoms. The lowest BCUT2D eigenvalue weighted by Crippen LogP contribution is -2.38. The summed E-state index contributed by atoms with van der Waals surface area (Å²) in [7, 11) is 4.06. The number of aromatic nitrogens is 1. The van der Waals surface area contributed by atoms with Crippen molar-refractivity contribution in [2.24, 2.45) is 12.0 Å². The molecule has 0 saturated heterocycles. The van der Waals surface area contributed by atoms with Crippen molar-refractivity contribution in [3.05, 3.63) is 23.0 Å². The lowest BCUT2D eigenvalue weighted by Gasteiger charge is -2.22. The molecule has 19 heavy (non-hydrogen) atoms. The molecule has 4 nitrogen and oxygen atoms in total. The molecular formula is C14H25ClN4. The van der Waals surface area contributed by atoms with Crippen LogP contribution >= 0.6 is 11.6 Å². The molecule has 1 rings (SSSR count). The third kappa shape index (κ3) is 5.15. The molecule has 0 unspecified atom stereocenters. The fourth-order valence-electron chi connectivity index (χ4n) is 1.85. The van der Waals surface area contributed by atoms with Gasteiger partial charge in [-0.05, 0) is 19.4 Å². The molecule has 0 radical (unpaired) electrons. The van der Waals surface area contributed by atoms with E-state index in [2.05, 4.69) is 33.6 Å². The Morgan fingerprint density at radius 3 is 2.74 bits per heavy atom. The zero-order valence-corrected chi connectivity index (χ0v) is 13.2. The molecule has 0 aliphatic carbocycles. The molecule has 1 N–H and O–H groups in total. The third-order valence-electron chi connectivity index (χ3n) is 2.94. The number of halogens is 1. The van der Waals surface area contributed by atoms with Gasteiger partial charge in [-0.1, -0.05) is 24.9 Å².